The average molecular weight is 324 g/mol. The third-order valence-corrected chi connectivity index (χ3v) is 5.52. The van der Waals surface area contributed by atoms with Crippen molar-refractivity contribution in [3.05, 3.63) is 89.0 Å². The van der Waals surface area contributed by atoms with Gasteiger partial charge in [0.1, 0.15) is 0 Å². The monoisotopic (exact) mass is 324 g/mol. The van der Waals surface area contributed by atoms with Gasteiger partial charge >= 0.3 is 0 Å². The highest BCUT2D eigenvalue weighted by molar-refractivity contribution is 5.88. The van der Waals surface area contributed by atoms with Gasteiger partial charge in [-0.3, -0.25) is 0 Å². The van der Waals surface area contributed by atoms with E-state index in [0.29, 0.717) is 0 Å². The minimum Gasteiger partial charge on any atom is -0.0871 e. The van der Waals surface area contributed by atoms with Crippen LogP contribution in [-0.4, -0.2) is 0 Å². The van der Waals surface area contributed by atoms with Gasteiger partial charge in [-0.15, -0.1) is 0 Å². The van der Waals surface area contributed by atoms with E-state index in [9.17, 15) is 0 Å². The van der Waals surface area contributed by atoms with E-state index in [1.54, 1.807) is 0 Å². The molecule has 0 bridgehead atoms. The van der Waals surface area contributed by atoms with Crippen molar-refractivity contribution in [3.63, 3.8) is 0 Å². The highest BCUT2D eigenvalue weighted by Crippen LogP contribution is 2.51. The summed E-state index contributed by atoms with van der Waals surface area (Å²) in [5.41, 5.74) is 10.9. The maximum absolute atomic E-state index is 2.35. The molecule has 0 nitrogen and oxygen atoms in total. The molecule has 1 aliphatic rings. The van der Waals surface area contributed by atoms with Crippen molar-refractivity contribution >= 4 is 6.08 Å². The van der Waals surface area contributed by atoms with Crippen LogP contribution in [0.15, 0.2) is 66.7 Å². The highest BCUT2D eigenvalue weighted by atomic mass is 14.4. The molecule has 0 unspecified atom stereocenters. The smallest absolute Gasteiger partial charge is 0.0165 e. The molecule has 0 fully saturated rings. The molecule has 0 aliphatic heterocycles. The fourth-order valence-corrected chi connectivity index (χ4v) is 4.26. The van der Waals surface area contributed by atoms with E-state index in [2.05, 4.69) is 101 Å². The predicted octanol–water partition coefficient (Wildman–Crippen LogP) is 7.00. The van der Waals surface area contributed by atoms with Gasteiger partial charge in [-0.2, -0.15) is 0 Å². The van der Waals surface area contributed by atoms with E-state index in [4.69, 9.17) is 0 Å². The van der Waals surface area contributed by atoms with E-state index in [1.807, 2.05) is 0 Å². The molecule has 4 rings (SSSR count). The van der Waals surface area contributed by atoms with Gasteiger partial charge in [0.2, 0.25) is 0 Å². The largest absolute Gasteiger partial charge is 0.0871 e. The molecule has 3 aromatic rings. The molecule has 1 aliphatic carbocycles. The van der Waals surface area contributed by atoms with Crippen LogP contribution in [0, 0.1) is 6.92 Å². The van der Waals surface area contributed by atoms with Gasteiger partial charge in [0.15, 0.2) is 0 Å². The number of aryl methyl sites for hydroxylation is 1. The van der Waals surface area contributed by atoms with E-state index in [1.165, 1.54) is 44.5 Å². The number of benzene rings is 3. The summed E-state index contributed by atoms with van der Waals surface area (Å²) in [7, 11) is 0. The summed E-state index contributed by atoms with van der Waals surface area (Å²) in [6.45, 7) is 8.95. The lowest BCUT2D eigenvalue weighted by atomic mass is 9.78. The quantitative estimate of drug-likeness (QED) is 0.476. The van der Waals surface area contributed by atoms with Crippen LogP contribution < -0.4 is 0 Å². The lowest BCUT2D eigenvalue weighted by molar-refractivity contribution is 0.662. The van der Waals surface area contributed by atoms with E-state index in [0.717, 1.165) is 0 Å². The Bertz CT molecular complexity index is 987. The SMILES string of the molecule is CC=Cc1cc(-c2cccc3c2C(C)(C)c2ccccc2-3)ccc1C. The van der Waals surface area contributed by atoms with Gasteiger partial charge < -0.3 is 0 Å². The predicted molar refractivity (Wildman–Crippen MR) is 109 cm³/mol. The normalized spacial score (nSPS) is 14.6. The lowest BCUT2D eigenvalue weighted by Crippen LogP contribution is -2.16. The van der Waals surface area contributed by atoms with Gasteiger partial charge in [-0.1, -0.05) is 80.6 Å². The second-order valence-corrected chi connectivity index (χ2v) is 7.47. The Morgan fingerprint density at radius 3 is 2.32 bits per heavy atom. The molecule has 0 amide bonds. The Hall–Kier alpha value is -2.60. The Morgan fingerprint density at radius 2 is 1.52 bits per heavy atom. The summed E-state index contributed by atoms with van der Waals surface area (Å²) in [6.07, 6.45) is 4.31. The van der Waals surface area contributed by atoms with Crippen LogP contribution in [0.1, 0.15) is 43.0 Å². The summed E-state index contributed by atoms with van der Waals surface area (Å²) >= 11 is 0. The van der Waals surface area contributed by atoms with Gasteiger partial charge in [0.05, 0.1) is 0 Å². The number of hydrogen-bond acceptors (Lipinski definition) is 0. The van der Waals surface area contributed by atoms with Crippen LogP contribution in [0.2, 0.25) is 0 Å². The number of fused-ring (bicyclic) bond motifs is 3. The molecule has 0 atom stereocenters. The summed E-state index contributed by atoms with van der Waals surface area (Å²) in [5, 5.41) is 0. The highest BCUT2D eigenvalue weighted by Gasteiger charge is 2.37. The van der Waals surface area contributed by atoms with Crippen molar-refractivity contribution in [2.75, 3.05) is 0 Å². The molecule has 0 aromatic heterocycles. The van der Waals surface area contributed by atoms with Crippen LogP contribution in [0.4, 0.5) is 0 Å². The van der Waals surface area contributed by atoms with E-state index in [-0.39, 0.29) is 5.41 Å². The van der Waals surface area contributed by atoms with Crippen LogP contribution in [0.3, 0.4) is 0 Å². The topological polar surface area (TPSA) is 0 Å². The van der Waals surface area contributed by atoms with Gasteiger partial charge in [-0.25, -0.2) is 0 Å². The van der Waals surface area contributed by atoms with Crippen molar-refractivity contribution in [1.82, 2.24) is 0 Å². The van der Waals surface area contributed by atoms with E-state index >= 15 is 0 Å². The summed E-state index contributed by atoms with van der Waals surface area (Å²) in [5.74, 6) is 0. The third kappa shape index (κ3) is 2.36. The van der Waals surface area contributed by atoms with Crippen LogP contribution in [-0.2, 0) is 5.41 Å². The molecule has 3 aromatic carbocycles. The first kappa shape index (κ1) is 15.9. The molecule has 0 radical (unpaired) electrons. The van der Waals surface area contributed by atoms with Gasteiger partial charge in [0, 0.05) is 5.41 Å². The van der Waals surface area contributed by atoms with Crippen molar-refractivity contribution in [3.8, 4) is 22.3 Å². The molecule has 0 heterocycles. The molecular weight excluding hydrogens is 300 g/mol. The Balaban J connectivity index is 1.98. The minimum atomic E-state index is 0.0220. The Kier molecular flexibility index (Phi) is 3.65. The second kappa shape index (κ2) is 5.74. The fraction of sp³-hybridized carbons (Fsp3) is 0.200. The maximum Gasteiger partial charge on any atom is 0.0165 e. The zero-order valence-corrected chi connectivity index (χ0v) is 15.4. The van der Waals surface area contributed by atoms with Crippen molar-refractivity contribution in [2.24, 2.45) is 0 Å². The lowest BCUT2D eigenvalue weighted by Gasteiger charge is -2.24. The first-order valence-corrected chi connectivity index (χ1v) is 9.01. The standard InChI is InChI=1S/C25H24/c1-5-9-18-16-19(15-14-17(18)2)20-11-8-12-22-21-10-6-7-13-23(21)25(3,4)24(20)22/h5-16H,1-4H3. The molecule has 25 heavy (non-hydrogen) atoms. The Morgan fingerprint density at radius 1 is 0.800 bits per heavy atom. The second-order valence-electron chi connectivity index (χ2n) is 7.47. The first-order chi connectivity index (χ1) is 12.0. The summed E-state index contributed by atoms with van der Waals surface area (Å²) < 4.78 is 0. The molecule has 0 heteroatoms. The minimum absolute atomic E-state index is 0.0220. The average Bonchev–Trinajstić information content (AvgIpc) is 2.86. The van der Waals surface area contributed by atoms with E-state index < -0.39 is 0 Å². The maximum atomic E-state index is 2.35. The summed E-state index contributed by atoms with van der Waals surface area (Å²) in [6, 6.07) is 22.4. The number of rotatable bonds is 2. The molecule has 124 valence electrons. The number of allylic oxidation sites excluding steroid dienone is 1. The number of hydrogen-bond donors (Lipinski definition) is 0. The zero-order chi connectivity index (χ0) is 17.6. The molecule has 0 saturated heterocycles. The van der Waals surface area contributed by atoms with Gasteiger partial charge in [-0.05, 0) is 64.4 Å². The third-order valence-electron chi connectivity index (χ3n) is 5.52. The first-order valence-electron chi connectivity index (χ1n) is 9.01. The molecule has 0 spiro atoms. The van der Waals surface area contributed by atoms with Crippen molar-refractivity contribution in [1.29, 1.82) is 0 Å². The van der Waals surface area contributed by atoms with Crippen LogP contribution in [0.25, 0.3) is 28.3 Å². The van der Waals surface area contributed by atoms with Crippen molar-refractivity contribution < 1.29 is 0 Å². The Labute approximate surface area is 150 Å². The fourth-order valence-electron chi connectivity index (χ4n) is 4.26. The molecule has 0 N–H and O–H groups in total. The summed E-state index contributed by atoms with van der Waals surface area (Å²) in [4.78, 5) is 0. The van der Waals surface area contributed by atoms with Crippen LogP contribution in [0.5, 0.6) is 0 Å². The van der Waals surface area contributed by atoms with Crippen molar-refractivity contribution in [2.45, 2.75) is 33.1 Å². The zero-order valence-electron chi connectivity index (χ0n) is 15.4. The molecule has 0 saturated carbocycles. The van der Waals surface area contributed by atoms with Crippen LogP contribution >= 0.6 is 0 Å². The van der Waals surface area contributed by atoms with Gasteiger partial charge in [0.25, 0.3) is 0 Å². The molecular formula is C25H24.